The minimum atomic E-state index is -0.402. The number of hydrogen-bond acceptors (Lipinski definition) is 2. The molecular weight excluding hydrogens is 232 g/mol. The molecule has 0 bridgehead atoms. The predicted octanol–water partition coefficient (Wildman–Crippen LogP) is 3.94. The van der Waals surface area contributed by atoms with Gasteiger partial charge in [-0.15, -0.1) is 0 Å². The maximum atomic E-state index is 9.63. The second-order valence-electron chi connectivity index (χ2n) is 5.54. The molecule has 1 aromatic rings. The zero-order chi connectivity index (χ0) is 14.3. The molecule has 0 spiro atoms. The fraction of sp³-hybridized carbons (Fsp3) is 0.588. The Morgan fingerprint density at radius 3 is 2.05 bits per heavy atom. The minimum absolute atomic E-state index is 0.402. The number of hydrogen-bond donors (Lipinski definition) is 0. The largest absolute Gasteiger partial charge is 0.286 e. The van der Waals surface area contributed by atoms with Crippen molar-refractivity contribution in [2.45, 2.75) is 52.5 Å². The molecule has 1 aromatic carbocycles. The van der Waals surface area contributed by atoms with Gasteiger partial charge >= 0.3 is 0 Å². The molecule has 1 atom stereocenters. The van der Waals surface area contributed by atoms with E-state index in [0.29, 0.717) is 0 Å². The third kappa shape index (κ3) is 4.36. The van der Waals surface area contributed by atoms with Gasteiger partial charge in [-0.25, -0.2) is 0 Å². The highest BCUT2D eigenvalue weighted by Gasteiger charge is 2.31. The van der Waals surface area contributed by atoms with Crippen LogP contribution in [0, 0.1) is 18.3 Å². The zero-order valence-corrected chi connectivity index (χ0v) is 12.7. The Bertz CT molecular complexity index is 410. The summed E-state index contributed by atoms with van der Waals surface area (Å²) in [4.78, 5) is 2.33. The van der Waals surface area contributed by atoms with Gasteiger partial charge in [-0.3, -0.25) is 4.90 Å². The maximum absolute atomic E-state index is 9.63. The lowest BCUT2D eigenvalue weighted by molar-refractivity contribution is 0.151. The van der Waals surface area contributed by atoms with E-state index in [0.717, 1.165) is 32.4 Å². The van der Waals surface area contributed by atoms with E-state index in [4.69, 9.17) is 0 Å². The molecule has 0 aliphatic rings. The molecule has 2 heteroatoms. The molecule has 0 saturated heterocycles. The van der Waals surface area contributed by atoms with Gasteiger partial charge in [0.25, 0.3) is 0 Å². The Balaban J connectivity index is 2.89. The van der Waals surface area contributed by atoms with Crippen molar-refractivity contribution in [2.24, 2.45) is 0 Å². The lowest BCUT2D eigenvalue weighted by Gasteiger charge is -2.36. The van der Waals surface area contributed by atoms with Gasteiger partial charge in [0, 0.05) is 6.42 Å². The lowest BCUT2D eigenvalue weighted by Crippen LogP contribution is -2.47. The lowest BCUT2D eigenvalue weighted by atomic mass is 9.91. The summed E-state index contributed by atoms with van der Waals surface area (Å²) in [5.74, 6) is 0. The molecule has 0 radical (unpaired) electrons. The standard InChI is InChI=1S/C17H26N2/c1-5-11-19(12-6-2)17(4,14-18)13-16-9-7-15(3)8-10-16/h7-10H,5-6,11-13H2,1-4H3. The summed E-state index contributed by atoms with van der Waals surface area (Å²) < 4.78 is 0. The van der Waals surface area contributed by atoms with Gasteiger partial charge < -0.3 is 0 Å². The number of rotatable bonds is 7. The van der Waals surface area contributed by atoms with Gasteiger partial charge in [-0.05, 0) is 45.3 Å². The van der Waals surface area contributed by atoms with Crippen LogP contribution in [-0.4, -0.2) is 23.5 Å². The van der Waals surface area contributed by atoms with Gasteiger partial charge in [0.1, 0.15) is 5.54 Å². The average Bonchev–Trinajstić information content (AvgIpc) is 2.41. The summed E-state index contributed by atoms with van der Waals surface area (Å²) in [6.45, 7) is 10.5. The van der Waals surface area contributed by atoms with Crippen LogP contribution < -0.4 is 0 Å². The topological polar surface area (TPSA) is 27.0 Å². The first-order chi connectivity index (χ1) is 9.05. The molecule has 19 heavy (non-hydrogen) atoms. The van der Waals surface area contributed by atoms with Crippen molar-refractivity contribution in [3.05, 3.63) is 35.4 Å². The number of nitrogens with zero attached hydrogens (tertiary/aromatic N) is 2. The second kappa shape index (κ2) is 7.31. The van der Waals surface area contributed by atoms with Crippen molar-refractivity contribution in [3.63, 3.8) is 0 Å². The first kappa shape index (κ1) is 15.7. The van der Waals surface area contributed by atoms with Crippen LogP contribution in [0.1, 0.15) is 44.7 Å². The normalized spacial score (nSPS) is 14.1. The fourth-order valence-electron chi connectivity index (χ4n) is 2.47. The van der Waals surface area contributed by atoms with Crippen molar-refractivity contribution in [2.75, 3.05) is 13.1 Å². The number of benzene rings is 1. The zero-order valence-electron chi connectivity index (χ0n) is 12.7. The maximum Gasteiger partial charge on any atom is 0.110 e. The Hall–Kier alpha value is -1.33. The van der Waals surface area contributed by atoms with E-state index in [1.165, 1.54) is 11.1 Å². The van der Waals surface area contributed by atoms with Gasteiger partial charge in [-0.2, -0.15) is 5.26 Å². The molecule has 1 rings (SSSR count). The highest BCUT2D eigenvalue weighted by molar-refractivity contribution is 5.25. The molecule has 0 amide bonds. The molecule has 0 aromatic heterocycles. The van der Waals surface area contributed by atoms with Crippen LogP contribution in [0.3, 0.4) is 0 Å². The minimum Gasteiger partial charge on any atom is -0.286 e. The Kier molecular flexibility index (Phi) is 6.05. The van der Waals surface area contributed by atoms with E-state index in [2.05, 4.69) is 62.9 Å². The summed E-state index contributed by atoms with van der Waals surface area (Å²) in [7, 11) is 0. The van der Waals surface area contributed by atoms with Crippen LogP contribution in [0.15, 0.2) is 24.3 Å². The van der Waals surface area contributed by atoms with Crippen LogP contribution in [0.4, 0.5) is 0 Å². The summed E-state index contributed by atoms with van der Waals surface area (Å²) in [6.07, 6.45) is 2.97. The molecule has 0 N–H and O–H groups in total. The SMILES string of the molecule is CCCN(CCC)C(C)(C#N)Cc1ccc(C)cc1. The van der Waals surface area contributed by atoms with E-state index in [-0.39, 0.29) is 0 Å². The van der Waals surface area contributed by atoms with Gasteiger partial charge in [0.15, 0.2) is 0 Å². The van der Waals surface area contributed by atoms with Crippen molar-refractivity contribution >= 4 is 0 Å². The van der Waals surface area contributed by atoms with Gasteiger partial charge in [0.2, 0.25) is 0 Å². The molecule has 0 saturated carbocycles. The predicted molar refractivity (Wildman–Crippen MR) is 81.1 cm³/mol. The summed E-state index contributed by atoms with van der Waals surface area (Å²) in [5.41, 5.74) is 2.11. The van der Waals surface area contributed by atoms with E-state index in [9.17, 15) is 5.26 Å². The second-order valence-corrected chi connectivity index (χ2v) is 5.54. The van der Waals surface area contributed by atoms with Gasteiger partial charge in [-0.1, -0.05) is 43.7 Å². The first-order valence-electron chi connectivity index (χ1n) is 7.27. The monoisotopic (exact) mass is 258 g/mol. The number of nitriles is 1. The Morgan fingerprint density at radius 2 is 1.63 bits per heavy atom. The van der Waals surface area contributed by atoms with Crippen molar-refractivity contribution in [1.29, 1.82) is 5.26 Å². The third-order valence-corrected chi connectivity index (χ3v) is 3.59. The summed E-state index contributed by atoms with van der Waals surface area (Å²) in [5, 5.41) is 9.63. The number of aryl methyl sites for hydroxylation is 1. The quantitative estimate of drug-likeness (QED) is 0.740. The van der Waals surface area contributed by atoms with E-state index >= 15 is 0 Å². The van der Waals surface area contributed by atoms with E-state index in [1.807, 2.05) is 0 Å². The molecule has 0 aliphatic carbocycles. The summed E-state index contributed by atoms with van der Waals surface area (Å²) in [6, 6.07) is 11.1. The van der Waals surface area contributed by atoms with Crippen molar-refractivity contribution in [3.8, 4) is 6.07 Å². The first-order valence-corrected chi connectivity index (χ1v) is 7.27. The molecule has 104 valence electrons. The van der Waals surface area contributed by atoms with Crippen LogP contribution in [0.25, 0.3) is 0 Å². The molecule has 0 heterocycles. The molecule has 2 nitrogen and oxygen atoms in total. The van der Waals surface area contributed by atoms with Crippen LogP contribution in [0.2, 0.25) is 0 Å². The Labute approximate surface area is 118 Å². The highest BCUT2D eigenvalue weighted by Crippen LogP contribution is 2.21. The fourth-order valence-corrected chi connectivity index (χ4v) is 2.47. The molecule has 0 fully saturated rings. The third-order valence-electron chi connectivity index (χ3n) is 3.59. The van der Waals surface area contributed by atoms with E-state index in [1.54, 1.807) is 0 Å². The van der Waals surface area contributed by atoms with Gasteiger partial charge in [0.05, 0.1) is 6.07 Å². The van der Waals surface area contributed by atoms with Crippen LogP contribution in [-0.2, 0) is 6.42 Å². The van der Waals surface area contributed by atoms with Crippen LogP contribution in [0.5, 0.6) is 0 Å². The smallest absolute Gasteiger partial charge is 0.110 e. The molecule has 1 unspecified atom stereocenters. The Morgan fingerprint density at radius 1 is 1.11 bits per heavy atom. The molecule has 0 aliphatic heterocycles. The van der Waals surface area contributed by atoms with Crippen LogP contribution >= 0.6 is 0 Å². The van der Waals surface area contributed by atoms with E-state index < -0.39 is 5.54 Å². The molecular formula is C17H26N2. The highest BCUT2D eigenvalue weighted by atomic mass is 15.2. The van der Waals surface area contributed by atoms with Crippen molar-refractivity contribution < 1.29 is 0 Å². The average molecular weight is 258 g/mol. The summed E-state index contributed by atoms with van der Waals surface area (Å²) >= 11 is 0. The van der Waals surface area contributed by atoms with Crippen molar-refractivity contribution in [1.82, 2.24) is 4.90 Å².